The van der Waals surface area contributed by atoms with E-state index in [0.717, 1.165) is 0 Å². The Kier molecular flexibility index (Phi) is 3.99. The van der Waals surface area contributed by atoms with Crippen LogP contribution in [0.1, 0.15) is 21.6 Å². The molecule has 0 atom stereocenters. The minimum atomic E-state index is -0.611. The maximum atomic E-state index is 11.9. The van der Waals surface area contributed by atoms with Crippen molar-refractivity contribution < 1.29 is 24.2 Å². The van der Waals surface area contributed by atoms with Crippen molar-refractivity contribution in [2.24, 2.45) is 0 Å². The number of ether oxygens (including phenoxy) is 2. The number of aliphatic hydroxyl groups is 1. The third-order valence-electron chi connectivity index (χ3n) is 2.91. The van der Waals surface area contributed by atoms with Gasteiger partial charge in [-0.25, -0.2) is 9.31 Å². The van der Waals surface area contributed by atoms with Gasteiger partial charge in [0.2, 0.25) is 0 Å². The van der Waals surface area contributed by atoms with Crippen molar-refractivity contribution in [3.8, 4) is 0 Å². The summed E-state index contributed by atoms with van der Waals surface area (Å²) < 4.78 is 10.8. The third-order valence-corrected chi connectivity index (χ3v) is 2.91. The molecule has 2 aromatic heterocycles. The fourth-order valence-corrected chi connectivity index (χ4v) is 1.99. The molecule has 1 N–H and O–H groups in total. The van der Waals surface area contributed by atoms with Crippen molar-refractivity contribution in [1.29, 1.82) is 0 Å². The van der Waals surface area contributed by atoms with Gasteiger partial charge in [0, 0.05) is 11.8 Å². The number of hydrogen-bond donors (Lipinski definition) is 1. The van der Waals surface area contributed by atoms with E-state index in [1.807, 2.05) is 0 Å². The molecule has 2 aromatic rings. The summed E-state index contributed by atoms with van der Waals surface area (Å²) in [4.78, 5) is 23.3. The van der Waals surface area contributed by atoms with Crippen molar-refractivity contribution in [1.82, 2.24) is 9.61 Å². The van der Waals surface area contributed by atoms with Gasteiger partial charge in [-0.2, -0.15) is 5.10 Å². The van der Waals surface area contributed by atoms with Crippen LogP contribution >= 0.6 is 0 Å². The lowest BCUT2D eigenvalue weighted by Crippen LogP contribution is -2.10. The predicted molar refractivity (Wildman–Crippen MR) is 68.2 cm³/mol. The Hall–Kier alpha value is -2.41. The Labute approximate surface area is 114 Å². The third kappa shape index (κ3) is 2.35. The summed E-state index contributed by atoms with van der Waals surface area (Å²) in [6, 6.07) is 3.36. The molecule has 0 aliphatic carbocycles. The van der Waals surface area contributed by atoms with Crippen molar-refractivity contribution >= 4 is 17.5 Å². The predicted octanol–water partition coefficient (Wildman–Crippen LogP) is 0.329. The maximum absolute atomic E-state index is 11.9. The van der Waals surface area contributed by atoms with Crippen molar-refractivity contribution in [3.63, 3.8) is 0 Å². The van der Waals surface area contributed by atoms with Crippen LogP contribution in [-0.4, -0.2) is 40.9 Å². The molecule has 0 amide bonds. The minimum absolute atomic E-state index is 0.145. The summed E-state index contributed by atoms with van der Waals surface area (Å²) in [5.74, 6) is -1.12. The summed E-state index contributed by atoms with van der Waals surface area (Å²) in [5.41, 5.74) is 1.38. The van der Waals surface area contributed by atoms with Crippen molar-refractivity contribution in [3.05, 3.63) is 35.2 Å². The zero-order valence-electron chi connectivity index (χ0n) is 11.1. The maximum Gasteiger partial charge on any atom is 0.342 e. The van der Waals surface area contributed by atoms with Crippen molar-refractivity contribution in [2.75, 3.05) is 14.2 Å². The number of rotatable bonds is 4. The molecule has 0 aliphatic rings. The molecule has 0 saturated carbocycles. The summed E-state index contributed by atoms with van der Waals surface area (Å²) in [7, 11) is 2.50. The summed E-state index contributed by atoms with van der Waals surface area (Å²) in [6.45, 7) is -0.252. The van der Waals surface area contributed by atoms with E-state index in [9.17, 15) is 14.7 Å². The molecule has 0 saturated heterocycles. The van der Waals surface area contributed by atoms with Gasteiger partial charge in [0.05, 0.1) is 38.5 Å². The van der Waals surface area contributed by atoms with Crippen LogP contribution in [0.3, 0.4) is 0 Å². The number of carbonyl (C=O) groups is 2. The van der Waals surface area contributed by atoms with Crippen LogP contribution in [0, 0.1) is 0 Å². The summed E-state index contributed by atoms with van der Waals surface area (Å²) in [6.07, 6.45) is 1.48. The van der Waals surface area contributed by atoms with Gasteiger partial charge in [-0.05, 0) is 6.07 Å². The standard InChI is InChI=1S/C13H14N2O5/c1-19-10(17)6-9-11(13(18)20-2)12-8(7-16)4-3-5-15(12)14-9/h3-5,16H,6-7H2,1-2H3. The van der Waals surface area contributed by atoms with Gasteiger partial charge in [0.15, 0.2) is 0 Å². The first-order valence-corrected chi connectivity index (χ1v) is 5.87. The normalized spacial score (nSPS) is 10.6. The van der Waals surface area contributed by atoms with Crippen LogP contribution in [0.15, 0.2) is 18.3 Å². The second-order valence-electron chi connectivity index (χ2n) is 4.05. The largest absolute Gasteiger partial charge is 0.469 e. The number of esters is 2. The first-order chi connectivity index (χ1) is 9.62. The van der Waals surface area contributed by atoms with Gasteiger partial charge in [-0.15, -0.1) is 0 Å². The van der Waals surface area contributed by atoms with Gasteiger partial charge in [0.1, 0.15) is 5.56 Å². The van der Waals surface area contributed by atoms with Crippen LogP contribution in [0.2, 0.25) is 0 Å². The number of nitrogens with zero attached hydrogens (tertiary/aromatic N) is 2. The molecule has 106 valence electrons. The second kappa shape index (κ2) is 5.70. The van der Waals surface area contributed by atoms with Crippen LogP contribution < -0.4 is 0 Å². The van der Waals surface area contributed by atoms with E-state index in [2.05, 4.69) is 9.84 Å². The number of methoxy groups -OCH3 is 2. The van der Waals surface area contributed by atoms with Gasteiger partial charge >= 0.3 is 11.9 Å². The fourth-order valence-electron chi connectivity index (χ4n) is 1.99. The van der Waals surface area contributed by atoms with E-state index < -0.39 is 11.9 Å². The first kappa shape index (κ1) is 14.0. The lowest BCUT2D eigenvalue weighted by molar-refractivity contribution is -0.139. The number of aliphatic hydroxyl groups excluding tert-OH is 1. The molecule has 0 aromatic carbocycles. The number of pyridine rings is 1. The van der Waals surface area contributed by atoms with E-state index in [1.54, 1.807) is 18.3 Å². The van der Waals surface area contributed by atoms with E-state index in [0.29, 0.717) is 11.1 Å². The van der Waals surface area contributed by atoms with E-state index >= 15 is 0 Å². The van der Waals surface area contributed by atoms with Gasteiger partial charge in [0.25, 0.3) is 0 Å². The molecule has 0 aliphatic heterocycles. The molecule has 7 nitrogen and oxygen atoms in total. The van der Waals surface area contributed by atoms with Crippen LogP contribution in [0.25, 0.3) is 5.52 Å². The summed E-state index contributed by atoms with van der Waals surface area (Å²) in [5, 5.41) is 13.5. The second-order valence-corrected chi connectivity index (χ2v) is 4.05. The molecule has 2 rings (SSSR count). The quantitative estimate of drug-likeness (QED) is 0.810. The van der Waals surface area contributed by atoms with E-state index in [4.69, 9.17) is 4.74 Å². The smallest absolute Gasteiger partial charge is 0.342 e. The number of hydrogen-bond acceptors (Lipinski definition) is 6. The van der Waals surface area contributed by atoms with Crippen LogP contribution in [0.5, 0.6) is 0 Å². The molecular formula is C13H14N2O5. The lowest BCUT2D eigenvalue weighted by atomic mass is 10.1. The summed E-state index contributed by atoms with van der Waals surface area (Å²) >= 11 is 0. The number of aromatic nitrogens is 2. The highest BCUT2D eigenvalue weighted by Gasteiger charge is 2.24. The molecular weight excluding hydrogens is 264 g/mol. The molecule has 2 heterocycles. The van der Waals surface area contributed by atoms with Crippen LogP contribution in [-0.2, 0) is 27.3 Å². The monoisotopic (exact) mass is 278 g/mol. The van der Waals surface area contributed by atoms with E-state index in [-0.39, 0.29) is 24.3 Å². The average Bonchev–Trinajstić information content (AvgIpc) is 2.83. The topological polar surface area (TPSA) is 90.1 Å². The molecule has 7 heteroatoms. The van der Waals surface area contributed by atoms with Gasteiger partial charge < -0.3 is 14.6 Å². The Balaban J connectivity index is 2.68. The first-order valence-electron chi connectivity index (χ1n) is 5.87. The number of carbonyl (C=O) groups excluding carboxylic acids is 2. The Bertz CT molecular complexity index is 662. The molecule has 0 bridgehead atoms. The van der Waals surface area contributed by atoms with Gasteiger partial charge in [-0.1, -0.05) is 6.07 Å². The Morgan fingerprint density at radius 2 is 2.10 bits per heavy atom. The van der Waals surface area contributed by atoms with Crippen molar-refractivity contribution in [2.45, 2.75) is 13.0 Å². The zero-order valence-corrected chi connectivity index (χ0v) is 11.1. The molecule has 0 fully saturated rings. The Morgan fingerprint density at radius 1 is 1.35 bits per heavy atom. The highest BCUT2D eigenvalue weighted by molar-refractivity contribution is 6.00. The molecule has 0 unspecified atom stereocenters. The molecule has 0 radical (unpaired) electrons. The highest BCUT2D eigenvalue weighted by atomic mass is 16.5. The zero-order chi connectivity index (χ0) is 14.7. The van der Waals surface area contributed by atoms with Gasteiger partial charge in [-0.3, -0.25) is 4.79 Å². The molecule has 0 spiro atoms. The SMILES string of the molecule is COC(=O)Cc1nn2cccc(CO)c2c1C(=O)OC. The number of fused-ring (bicyclic) bond motifs is 1. The Morgan fingerprint density at radius 3 is 2.70 bits per heavy atom. The highest BCUT2D eigenvalue weighted by Crippen LogP contribution is 2.21. The minimum Gasteiger partial charge on any atom is -0.469 e. The van der Waals surface area contributed by atoms with Crippen LogP contribution in [0.4, 0.5) is 0 Å². The fraction of sp³-hybridized carbons (Fsp3) is 0.308. The average molecular weight is 278 g/mol. The lowest BCUT2D eigenvalue weighted by Gasteiger charge is -2.03. The van der Waals surface area contributed by atoms with E-state index in [1.165, 1.54) is 18.7 Å². The molecule has 20 heavy (non-hydrogen) atoms.